The molecule has 0 amide bonds. The zero-order chi connectivity index (χ0) is 18.4. The van der Waals surface area contributed by atoms with Crippen molar-refractivity contribution in [3.63, 3.8) is 0 Å². The summed E-state index contributed by atoms with van der Waals surface area (Å²) in [6.45, 7) is 1.47. The average molecular weight is 370 g/mol. The van der Waals surface area contributed by atoms with Crippen LogP contribution in [0.2, 0.25) is 10.0 Å². The normalized spacial score (nSPS) is 8.54. The molecule has 0 saturated heterocycles. The van der Waals surface area contributed by atoms with E-state index in [9.17, 15) is 10.1 Å². The van der Waals surface area contributed by atoms with Gasteiger partial charge in [-0.25, -0.2) is 0 Å². The highest BCUT2D eigenvalue weighted by Crippen LogP contribution is 2.14. The van der Waals surface area contributed by atoms with Crippen molar-refractivity contribution >= 4 is 28.9 Å². The van der Waals surface area contributed by atoms with Crippen LogP contribution in [0.25, 0.3) is 0 Å². The fourth-order valence-corrected chi connectivity index (χ4v) is 1.71. The lowest BCUT2D eigenvalue weighted by Gasteiger charge is -1.90. The van der Waals surface area contributed by atoms with Crippen LogP contribution in [-0.4, -0.2) is 28.4 Å². The van der Waals surface area contributed by atoms with Crippen molar-refractivity contribution in [1.29, 1.82) is 0 Å². The van der Waals surface area contributed by atoms with Crippen molar-refractivity contribution < 1.29 is 15.1 Å². The highest BCUT2D eigenvalue weighted by Gasteiger charge is 2.01. The molecular weight excluding hydrogens is 353 g/mol. The van der Waals surface area contributed by atoms with E-state index in [2.05, 4.69) is 11.8 Å². The molecule has 0 heterocycles. The molecule has 2 rings (SSSR count). The number of rotatable bonds is 2. The molecule has 0 spiro atoms. The number of hydrogen-bond acceptors (Lipinski definition) is 4. The monoisotopic (exact) mass is 369 g/mol. The molecule has 2 N–H and O–H groups in total. The van der Waals surface area contributed by atoms with Crippen molar-refractivity contribution in [3.05, 3.63) is 74.3 Å². The summed E-state index contributed by atoms with van der Waals surface area (Å²) in [4.78, 5) is 9.81. The lowest BCUT2D eigenvalue weighted by atomic mass is 10.2. The lowest BCUT2D eigenvalue weighted by Crippen LogP contribution is -1.86. The topological polar surface area (TPSA) is 83.6 Å². The molecule has 0 aliphatic heterocycles. The summed E-state index contributed by atoms with van der Waals surface area (Å²) in [5, 5.41) is 26.8. The Morgan fingerprint density at radius 3 is 1.83 bits per heavy atom. The van der Waals surface area contributed by atoms with E-state index < -0.39 is 4.92 Å². The second-order valence-corrected chi connectivity index (χ2v) is 4.94. The summed E-state index contributed by atoms with van der Waals surface area (Å²) in [5.41, 5.74) is 0.889. The molecule has 0 fully saturated rings. The fourth-order valence-electron chi connectivity index (χ4n) is 1.27. The number of aliphatic hydroxyl groups excluding tert-OH is 2. The molecule has 24 heavy (non-hydrogen) atoms. The Morgan fingerprint density at radius 2 is 1.54 bits per heavy atom. The van der Waals surface area contributed by atoms with Crippen LogP contribution < -0.4 is 0 Å². The molecule has 0 saturated carbocycles. The van der Waals surface area contributed by atoms with Gasteiger partial charge in [0.1, 0.15) is 0 Å². The maximum Gasteiger partial charge on any atom is 0.269 e. The first kappa shape index (κ1) is 21.9. The second-order valence-electron chi connectivity index (χ2n) is 4.07. The third kappa shape index (κ3) is 10.6. The smallest absolute Gasteiger partial charge is 0.269 e. The number of benzene rings is 2. The van der Waals surface area contributed by atoms with Gasteiger partial charge in [0.15, 0.2) is 0 Å². The summed E-state index contributed by atoms with van der Waals surface area (Å²) in [6.07, 6.45) is 0. The van der Waals surface area contributed by atoms with Gasteiger partial charge in [0.25, 0.3) is 5.69 Å². The number of nitrogens with zero attached hydrogens (tertiary/aromatic N) is 1. The van der Waals surface area contributed by atoms with Crippen LogP contribution in [0, 0.1) is 22.0 Å². The van der Waals surface area contributed by atoms with E-state index in [0.717, 1.165) is 5.56 Å². The van der Waals surface area contributed by atoms with E-state index in [1.165, 1.54) is 12.1 Å². The van der Waals surface area contributed by atoms with Gasteiger partial charge >= 0.3 is 0 Å². The van der Waals surface area contributed by atoms with Gasteiger partial charge in [0.05, 0.1) is 18.1 Å². The first-order valence-corrected chi connectivity index (χ1v) is 7.50. The van der Waals surface area contributed by atoms with Crippen LogP contribution >= 0.6 is 23.2 Å². The van der Waals surface area contributed by atoms with Crippen LogP contribution in [0.15, 0.2) is 48.5 Å². The molecule has 0 radical (unpaired) electrons. The Balaban J connectivity index is 0.000000379. The molecule has 0 aliphatic carbocycles. The Bertz CT molecular complexity index is 660. The third-order valence-electron chi connectivity index (χ3n) is 2.23. The maximum atomic E-state index is 10.2. The Labute approximate surface area is 150 Å². The largest absolute Gasteiger partial charge is 0.394 e. The van der Waals surface area contributed by atoms with Gasteiger partial charge in [-0.3, -0.25) is 10.1 Å². The maximum absolute atomic E-state index is 10.2. The zero-order valence-corrected chi connectivity index (χ0v) is 14.5. The van der Waals surface area contributed by atoms with Gasteiger partial charge < -0.3 is 10.2 Å². The fraction of sp³-hybridized carbons (Fsp3) is 0.176. The van der Waals surface area contributed by atoms with Gasteiger partial charge in [-0.1, -0.05) is 35.2 Å². The van der Waals surface area contributed by atoms with Crippen LogP contribution in [0.5, 0.6) is 0 Å². The lowest BCUT2D eigenvalue weighted by molar-refractivity contribution is -0.384. The Hall–Kier alpha value is -2.10. The minimum absolute atomic E-state index is 0.0941. The molecular formula is C17H17Cl2NO4. The summed E-state index contributed by atoms with van der Waals surface area (Å²) in [5.74, 6) is 5.51. The van der Waals surface area contributed by atoms with E-state index in [0.29, 0.717) is 10.0 Å². The van der Waals surface area contributed by atoms with Crippen LogP contribution in [0.4, 0.5) is 5.69 Å². The van der Waals surface area contributed by atoms with Gasteiger partial charge in [0, 0.05) is 27.7 Å². The summed E-state index contributed by atoms with van der Waals surface area (Å²) < 4.78 is 0. The first-order chi connectivity index (χ1) is 11.4. The van der Waals surface area contributed by atoms with Gasteiger partial charge in [-0.2, -0.15) is 0 Å². The molecule has 0 bridgehead atoms. The van der Waals surface area contributed by atoms with E-state index in [1.807, 2.05) is 6.07 Å². The van der Waals surface area contributed by atoms with Crippen LogP contribution in [-0.2, 0) is 0 Å². The minimum atomic E-state index is -0.427. The molecule has 0 atom stereocenters. The van der Waals surface area contributed by atoms with Crippen molar-refractivity contribution in [1.82, 2.24) is 0 Å². The number of halogens is 2. The SMILES string of the molecule is CC#Cc1ccc([N+](=O)[O-])cc1.Clc1cccc(Cl)c1.OCCO. The minimum Gasteiger partial charge on any atom is -0.394 e. The van der Waals surface area contributed by atoms with E-state index in [4.69, 9.17) is 33.4 Å². The van der Waals surface area contributed by atoms with E-state index in [1.54, 1.807) is 37.3 Å². The summed E-state index contributed by atoms with van der Waals surface area (Å²) in [6, 6.07) is 13.2. The third-order valence-corrected chi connectivity index (χ3v) is 2.70. The highest BCUT2D eigenvalue weighted by atomic mass is 35.5. The second kappa shape index (κ2) is 13.3. The predicted octanol–water partition coefficient (Wildman–Crippen LogP) is 3.93. The molecule has 0 aliphatic rings. The Morgan fingerprint density at radius 1 is 1.04 bits per heavy atom. The highest BCUT2D eigenvalue weighted by molar-refractivity contribution is 6.34. The molecule has 2 aromatic carbocycles. The number of nitro benzene ring substituents is 1. The molecule has 2 aromatic rings. The number of nitro groups is 1. The Kier molecular flexibility index (Phi) is 12.2. The van der Waals surface area contributed by atoms with Gasteiger partial charge in [-0.15, -0.1) is 5.92 Å². The van der Waals surface area contributed by atoms with Crippen molar-refractivity contribution in [2.75, 3.05) is 13.2 Å². The van der Waals surface area contributed by atoms with Crippen LogP contribution in [0.1, 0.15) is 12.5 Å². The summed E-state index contributed by atoms with van der Waals surface area (Å²) >= 11 is 11.1. The number of hydrogen-bond donors (Lipinski definition) is 2. The quantitative estimate of drug-likeness (QED) is 0.477. The zero-order valence-electron chi connectivity index (χ0n) is 12.9. The van der Waals surface area contributed by atoms with E-state index >= 15 is 0 Å². The molecule has 0 aromatic heterocycles. The van der Waals surface area contributed by atoms with Gasteiger partial charge in [-0.05, 0) is 37.3 Å². The van der Waals surface area contributed by atoms with Crippen molar-refractivity contribution in [2.24, 2.45) is 0 Å². The average Bonchev–Trinajstić information content (AvgIpc) is 2.56. The first-order valence-electron chi connectivity index (χ1n) is 6.74. The summed E-state index contributed by atoms with van der Waals surface area (Å²) in [7, 11) is 0. The van der Waals surface area contributed by atoms with Crippen LogP contribution in [0.3, 0.4) is 0 Å². The predicted molar refractivity (Wildman–Crippen MR) is 96.3 cm³/mol. The number of aliphatic hydroxyl groups is 2. The molecule has 5 nitrogen and oxygen atoms in total. The number of non-ortho nitro benzene ring substituents is 1. The van der Waals surface area contributed by atoms with Crippen molar-refractivity contribution in [3.8, 4) is 11.8 Å². The van der Waals surface area contributed by atoms with Gasteiger partial charge in [0.2, 0.25) is 0 Å². The molecule has 7 heteroatoms. The van der Waals surface area contributed by atoms with Crippen molar-refractivity contribution in [2.45, 2.75) is 6.92 Å². The molecule has 0 unspecified atom stereocenters. The van der Waals surface area contributed by atoms with E-state index in [-0.39, 0.29) is 18.9 Å². The standard InChI is InChI=1S/C9H7NO2.C6H4Cl2.C2H6O2/c1-2-3-8-4-6-9(7-5-8)10(11)12;7-5-2-1-3-6(8)4-5;3-1-2-4/h4-7H,1H3;1-4H;3-4H,1-2H2. The molecule has 128 valence electrons.